The highest BCUT2D eigenvalue weighted by Gasteiger charge is 2.20. The zero-order valence-corrected chi connectivity index (χ0v) is 20.2. The average Bonchev–Trinajstić information content (AvgIpc) is 2.80. The highest BCUT2D eigenvalue weighted by atomic mass is 16.5. The summed E-state index contributed by atoms with van der Waals surface area (Å²) in [5, 5.41) is 0. The summed E-state index contributed by atoms with van der Waals surface area (Å²) in [4.78, 5) is 12.1. The summed E-state index contributed by atoms with van der Waals surface area (Å²) < 4.78 is 11.3. The Morgan fingerprint density at radius 2 is 1.32 bits per heavy atom. The molecular weight excluding hydrogens is 384 g/mol. The van der Waals surface area contributed by atoms with Crippen LogP contribution in [0.1, 0.15) is 121 Å². The first kappa shape index (κ1) is 25.7. The van der Waals surface area contributed by atoms with Crippen molar-refractivity contribution in [2.75, 3.05) is 13.2 Å². The van der Waals surface area contributed by atoms with Gasteiger partial charge in [0.15, 0.2) is 0 Å². The molecule has 1 aromatic carbocycles. The Kier molecular flexibility index (Phi) is 13.4. The molecule has 1 aromatic rings. The number of carbonyl (C=O) groups is 1. The second kappa shape index (κ2) is 16.2. The summed E-state index contributed by atoms with van der Waals surface area (Å²) in [6, 6.07) is 7.40. The first-order chi connectivity index (χ1) is 15.2. The van der Waals surface area contributed by atoms with Crippen molar-refractivity contribution in [3.05, 3.63) is 29.8 Å². The topological polar surface area (TPSA) is 35.5 Å². The zero-order chi connectivity index (χ0) is 22.2. The molecule has 1 aliphatic carbocycles. The SMILES string of the molecule is CCCCCCCOC(=O)c1ccc(OCCC[C@H]2CC[C@H](CCCCC)CC2)cc1. The molecule has 0 radical (unpaired) electrons. The minimum Gasteiger partial charge on any atom is -0.494 e. The van der Waals surface area contributed by atoms with Crippen LogP contribution in [0.5, 0.6) is 5.75 Å². The van der Waals surface area contributed by atoms with Gasteiger partial charge in [-0.1, -0.05) is 90.9 Å². The number of ether oxygens (including phenoxy) is 2. The molecule has 0 heterocycles. The molecule has 3 nitrogen and oxygen atoms in total. The fourth-order valence-electron chi connectivity index (χ4n) is 4.69. The highest BCUT2D eigenvalue weighted by Crippen LogP contribution is 2.34. The van der Waals surface area contributed by atoms with Gasteiger partial charge < -0.3 is 9.47 Å². The fourth-order valence-corrected chi connectivity index (χ4v) is 4.69. The monoisotopic (exact) mass is 430 g/mol. The molecule has 1 fully saturated rings. The lowest BCUT2D eigenvalue weighted by Gasteiger charge is -2.28. The molecule has 1 saturated carbocycles. The second-order valence-corrected chi connectivity index (χ2v) is 9.45. The summed E-state index contributed by atoms with van der Waals surface area (Å²) in [6.07, 6.45) is 19.5. The molecule has 0 unspecified atom stereocenters. The molecule has 0 bridgehead atoms. The van der Waals surface area contributed by atoms with Gasteiger partial charge in [0.2, 0.25) is 0 Å². The van der Waals surface area contributed by atoms with Gasteiger partial charge in [0.05, 0.1) is 18.8 Å². The van der Waals surface area contributed by atoms with Crippen LogP contribution in [0.15, 0.2) is 24.3 Å². The van der Waals surface area contributed by atoms with Crippen molar-refractivity contribution in [1.82, 2.24) is 0 Å². The predicted octanol–water partition coefficient (Wildman–Crippen LogP) is 8.36. The quantitative estimate of drug-likeness (QED) is 0.195. The molecule has 31 heavy (non-hydrogen) atoms. The molecule has 0 amide bonds. The standard InChI is InChI=1S/C28H46O3/c1-3-5-7-8-10-22-31-28(29)26-18-20-27(21-19-26)30-23-11-13-25-16-14-24(15-17-25)12-9-6-4-2/h18-21,24-25H,3-17,22-23H2,1-2H3/t24-,25-. The van der Waals surface area contributed by atoms with Crippen LogP contribution in [0.2, 0.25) is 0 Å². The maximum Gasteiger partial charge on any atom is 0.338 e. The summed E-state index contributed by atoms with van der Waals surface area (Å²) in [5.41, 5.74) is 0.608. The molecule has 0 saturated heterocycles. The maximum absolute atomic E-state index is 12.1. The number of rotatable bonds is 16. The van der Waals surface area contributed by atoms with E-state index in [1.807, 2.05) is 24.3 Å². The second-order valence-electron chi connectivity index (χ2n) is 9.45. The van der Waals surface area contributed by atoms with Crippen LogP contribution in [0, 0.1) is 11.8 Å². The van der Waals surface area contributed by atoms with E-state index < -0.39 is 0 Å². The van der Waals surface area contributed by atoms with Crippen LogP contribution in [-0.4, -0.2) is 19.2 Å². The molecule has 0 aliphatic heterocycles. The van der Waals surface area contributed by atoms with Crippen LogP contribution in [-0.2, 0) is 4.74 Å². The van der Waals surface area contributed by atoms with E-state index in [2.05, 4.69) is 13.8 Å². The first-order valence-corrected chi connectivity index (χ1v) is 13.1. The Morgan fingerprint density at radius 3 is 1.97 bits per heavy atom. The number of benzene rings is 1. The molecule has 1 aliphatic rings. The van der Waals surface area contributed by atoms with Crippen molar-refractivity contribution in [2.24, 2.45) is 11.8 Å². The molecular formula is C28H46O3. The van der Waals surface area contributed by atoms with E-state index in [1.165, 1.54) is 77.0 Å². The summed E-state index contributed by atoms with van der Waals surface area (Å²) in [5.74, 6) is 2.50. The van der Waals surface area contributed by atoms with Crippen molar-refractivity contribution in [3.63, 3.8) is 0 Å². The lowest BCUT2D eigenvalue weighted by atomic mass is 9.78. The van der Waals surface area contributed by atoms with E-state index in [-0.39, 0.29) is 5.97 Å². The molecule has 2 rings (SSSR count). The third-order valence-corrected chi connectivity index (χ3v) is 6.78. The number of hydrogen-bond donors (Lipinski definition) is 0. The Hall–Kier alpha value is -1.51. The van der Waals surface area contributed by atoms with Gasteiger partial charge >= 0.3 is 5.97 Å². The van der Waals surface area contributed by atoms with E-state index in [9.17, 15) is 4.79 Å². The lowest BCUT2D eigenvalue weighted by Crippen LogP contribution is -2.15. The Balaban J connectivity index is 1.53. The molecule has 0 atom stereocenters. The number of unbranched alkanes of at least 4 members (excludes halogenated alkanes) is 6. The minimum atomic E-state index is -0.229. The van der Waals surface area contributed by atoms with E-state index >= 15 is 0 Å². The van der Waals surface area contributed by atoms with Gasteiger partial charge in [-0.2, -0.15) is 0 Å². The first-order valence-electron chi connectivity index (χ1n) is 13.1. The van der Waals surface area contributed by atoms with E-state index in [0.29, 0.717) is 12.2 Å². The van der Waals surface area contributed by atoms with Gasteiger partial charge in [-0.3, -0.25) is 0 Å². The van der Waals surface area contributed by atoms with Crippen molar-refractivity contribution in [3.8, 4) is 5.75 Å². The Morgan fingerprint density at radius 1 is 0.742 bits per heavy atom. The van der Waals surface area contributed by atoms with Crippen molar-refractivity contribution >= 4 is 5.97 Å². The van der Waals surface area contributed by atoms with E-state index in [1.54, 1.807) is 0 Å². The highest BCUT2D eigenvalue weighted by molar-refractivity contribution is 5.89. The molecule has 0 aromatic heterocycles. The smallest absolute Gasteiger partial charge is 0.338 e. The molecule has 0 spiro atoms. The van der Waals surface area contributed by atoms with Crippen LogP contribution in [0.3, 0.4) is 0 Å². The van der Waals surface area contributed by atoms with Gasteiger partial charge in [0.25, 0.3) is 0 Å². The fraction of sp³-hybridized carbons (Fsp3) is 0.750. The van der Waals surface area contributed by atoms with Crippen molar-refractivity contribution in [2.45, 2.75) is 110 Å². The van der Waals surface area contributed by atoms with Crippen molar-refractivity contribution in [1.29, 1.82) is 0 Å². The maximum atomic E-state index is 12.1. The van der Waals surface area contributed by atoms with Crippen LogP contribution >= 0.6 is 0 Å². The van der Waals surface area contributed by atoms with Gasteiger partial charge in [0.1, 0.15) is 5.75 Å². The summed E-state index contributed by atoms with van der Waals surface area (Å²) >= 11 is 0. The van der Waals surface area contributed by atoms with Gasteiger partial charge in [-0.15, -0.1) is 0 Å². The van der Waals surface area contributed by atoms with E-state index in [4.69, 9.17) is 9.47 Å². The van der Waals surface area contributed by atoms with Gasteiger partial charge in [-0.25, -0.2) is 4.79 Å². The van der Waals surface area contributed by atoms with E-state index in [0.717, 1.165) is 43.5 Å². The Bertz CT molecular complexity index is 572. The number of hydrogen-bond acceptors (Lipinski definition) is 3. The normalized spacial score (nSPS) is 18.6. The largest absolute Gasteiger partial charge is 0.494 e. The van der Waals surface area contributed by atoms with Crippen molar-refractivity contribution < 1.29 is 14.3 Å². The molecule has 3 heteroatoms. The van der Waals surface area contributed by atoms with Gasteiger partial charge in [-0.05, 0) is 55.4 Å². The van der Waals surface area contributed by atoms with Crippen LogP contribution in [0.4, 0.5) is 0 Å². The number of esters is 1. The summed E-state index contributed by atoms with van der Waals surface area (Å²) in [6.45, 7) is 5.77. The number of carbonyl (C=O) groups excluding carboxylic acids is 1. The molecule has 176 valence electrons. The molecule has 0 N–H and O–H groups in total. The third-order valence-electron chi connectivity index (χ3n) is 6.78. The zero-order valence-electron chi connectivity index (χ0n) is 20.2. The van der Waals surface area contributed by atoms with Crippen LogP contribution in [0.25, 0.3) is 0 Å². The third kappa shape index (κ3) is 11.1. The Labute approximate surface area is 191 Å². The van der Waals surface area contributed by atoms with Crippen LogP contribution < -0.4 is 4.74 Å². The predicted molar refractivity (Wildman–Crippen MR) is 130 cm³/mol. The minimum absolute atomic E-state index is 0.229. The van der Waals surface area contributed by atoms with Gasteiger partial charge in [0, 0.05) is 0 Å². The summed E-state index contributed by atoms with van der Waals surface area (Å²) in [7, 11) is 0. The lowest BCUT2D eigenvalue weighted by molar-refractivity contribution is 0.0497. The average molecular weight is 431 g/mol.